The molecule has 1 atom stereocenters. The Morgan fingerprint density at radius 1 is 1.53 bits per heavy atom. The van der Waals surface area contributed by atoms with Crippen LogP contribution in [0.5, 0.6) is 0 Å². The molecule has 2 N–H and O–H groups in total. The van der Waals surface area contributed by atoms with E-state index in [1.54, 1.807) is 6.92 Å². The molecule has 1 unspecified atom stereocenters. The van der Waals surface area contributed by atoms with Crippen molar-refractivity contribution in [1.82, 2.24) is 8.61 Å². The fraction of sp³-hybridized carbons (Fsp3) is 0.889. The number of hydrogen-bond donors (Lipinski definition) is 2. The maximum atomic E-state index is 12.0. The van der Waals surface area contributed by atoms with E-state index >= 15 is 0 Å². The van der Waals surface area contributed by atoms with E-state index in [1.807, 2.05) is 0 Å². The molecule has 0 radical (unpaired) electrons. The number of β-amino-alcohol motifs (C(OH)–C–C–N with tert-alkyl or cyclic N) is 1. The van der Waals surface area contributed by atoms with E-state index in [4.69, 9.17) is 5.11 Å². The van der Waals surface area contributed by atoms with Crippen LogP contribution in [0, 0.1) is 0 Å². The Kier molecular flexibility index (Phi) is 4.13. The number of carboxylic acid groups (broad SMARTS) is 1. The number of hydrogen-bond acceptors (Lipinski definition) is 4. The van der Waals surface area contributed by atoms with E-state index in [0.29, 0.717) is 6.42 Å². The smallest absolute Gasteiger partial charge is 0.304 e. The van der Waals surface area contributed by atoms with Crippen molar-refractivity contribution in [2.45, 2.75) is 25.4 Å². The minimum atomic E-state index is -3.66. The summed E-state index contributed by atoms with van der Waals surface area (Å²) in [5.74, 6) is -1.04. The van der Waals surface area contributed by atoms with Crippen molar-refractivity contribution in [3.05, 3.63) is 0 Å². The van der Waals surface area contributed by atoms with Gasteiger partial charge in [0.05, 0.1) is 12.0 Å². The molecule has 1 heterocycles. The molecule has 1 aliphatic heterocycles. The summed E-state index contributed by atoms with van der Waals surface area (Å²) in [6.45, 7) is 1.82. The highest BCUT2D eigenvalue weighted by atomic mass is 32.2. The standard InChI is InChI=1S/C9H18N2O5S/c1-9(14)4-6-11(7-9)17(15,16)10(2)5-3-8(12)13/h14H,3-7H2,1-2H3,(H,12,13). The van der Waals surface area contributed by atoms with E-state index in [1.165, 1.54) is 11.4 Å². The first kappa shape index (κ1) is 14.4. The van der Waals surface area contributed by atoms with Crippen LogP contribution in [-0.4, -0.2) is 65.5 Å². The molecule has 0 bridgehead atoms. The average Bonchev–Trinajstić information content (AvgIpc) is 2.55. The van der Waals surface area contributed by atoms with Gasteiger partial charge >= 0.3 is 5.97 Å². The quantitative estimate of drug-likeness (QED) is 0.671. The number of aliphatic carboxylic acids is 1. The maximum Gasteiger partial charge on any atom is 0.304 e. The highest BCUT2D eigenvalue weighted by Gasteiger charge is 2.39. The van der Waals surface area contributed by atoms with Crippen molar-refractivity contribution in [2.75, 3.05) is 26.7 Å². The van der Waals surface area contributed by atoms with Crippen LogP contribution in [-0.2, 0) is 15.0 Å². The molecule has 0 spiro atoms. The van der Waals surface area contributed by atoms with Crippen molar-refractivity contribution in [3.8, 4) is 0 Å². The minimum Gasteiger partial charge on any atom is -0.481 e. The SMILES string of the molecule is CN(CCC(=O)O)S(=O)(=O)N1CCC(C)(O)C1. The minimum absolute atomic E-state index is 0.0484. The van der Waals surface area contributed by atoms with E-state index in [-0.39, 0.29) is 26.1 Å². The van der Waals surface area contributed by atoms with Gasteiger partial charge in [-0.25, -0.2) is 0 Å². The molecule has 100 valence electrons. The van der Waals surface area contributed by atoms with Gasteiger partial charge in [-0.3, -0.25) is 4.79 Å². The molecule has 0 aromatic heterocycles. The molecule has 7 nitrogen and oxygen atoms in total. The molecule has 0 aliphatic carbocycles. The second kappa shape index (κ2) is 4.89. The molecule has 1 rings (SSSR count). The summed E-state index contributed by atoms with van der Waals surface area (Å²) in [6.07, 6.45) is 0.152. The van der Waals surface area contributed by atoms with Gasteiger partial charge in [0.15, 0.2) is 0 Å². The maximum absolute atomic E-state index is 12.0. The zero-order chi connectivity index (χ0) is 13.3. The summed E-state index contributed by atoms with van der Waals surface area (Å²) in [6, 6.07) is 0. The lowest BCUT2D eigenvalue weighted by Gasteiger charge is -2.24. The van der Waals surface area contributed by atoms with E-state index < -0.39 is 21.8 Å². The average molecular weight is 266 g/mol. The van der Waals surface area contributed by atoms with Crippen molar-refractivity contribution < 1.29 is 23.4 Å². The highest BCUT2D eigenvalue weighted by Crippen LogP contribution is 2.24. The summed E-state index contributed by atoms with van der Waals surface area (Å²) in [5.41, 5.74) is -0.999. The summed E-state index contributed by atoms with van der Waals surface area (Å²) in [4.78, 5) is 10.4. The van der Waals surface area contributed by atoms with Crippen molar-refractivity contribution in [1.29, 1.82) is 0 Å². The predicted octanol–water partition coefficient (Wildman–Crippen LogP) is -0.906. The Hall–Kier alpha value is -0.700. The van der Waals surface area contributed by atoms with Gasteiger partial charge in [-0.15, -0.1) is 0 Å². The van der Waals surface area contributed by atoms with Crippen LogP contribution in [0.2, 0.25) is 0 Å². The first-order valence-electron chi connectivity index (χ1n) is 5.31. The monoisotopic (exact) mass is 266 g/mol. The number of carboxylic acids is 1. The fourth-order valence-corrected chi connectivity index (χ4v) is 3.15. The van der Waals surface area contributed by atoms with Crippen LogP contribution in [0.15, 0.2) is 0 Å². The second-order valence-corrected chi connectivity index (χ2v) is 6.59. The third-order valence-electron chi connectivity index (χ3n) is 2.78. The lowest BCUT2D eigenvalue weighted by molar-refractivity contribution is -0.137. The zero-order valence-corrected chi connectivity index (χ0v) is 10.8. The summed E-state index contributed by atoms with van der Waals surface area (Å²) >= 11 is 0. The molecule has 0 aromatic carbocycles. The van der Waals surface area contributed by atoms with Gasteiger partial charge in [-0.2, -0.15) is 17.0 Å². The molecule has 1 aliphatic rings. The van der Waals surface area contributed by atoms with Gasteiger partial charge in [0.1, 0.15) is 0 Å². The Morgan fingerprint density at radius 2 is 2.12 bits per heavy atom. The molecule has 0 saturated carbocycles. The fourth-order valence-electron chi connectivity index (χ4n) is 1.67. The normalized spacial score (nSPS) is 26.6. The molecule has 8 heteroatoms. The lowest BCUT2D eigenvalue weighted by atomic mass is 10.1. The van der Waals surface area contributed by atoms with Crippen LogP contribution in [0.1, 0.15) is 19.8 Å². The summed E-state index contributed by atoms with van der Waals surface area (Å²) < 4.78 is 26.1. The number of rotatable bonds is 5. The molecular formula is C9H18N2O5S. The van der Waals surface area contributed by atoms with E-state index in [2.05, 4.69) is 0 Å². The second-order valence-electron chi connectivity index (χ2n) is 4.55. The van der Waals surface area contributed by atoms with Crippen molar-refractivity contribution in [3.63, 3.8) is 0 Å². The molecule has 0 aromatic rings. The van der Waals surface area contributed by atoms with Gasteiger partial charge < -0.3 is 10.2 Å². The summed E-state index contributed by atoms with van der Waals surface area (Å²) in [5, 5.41) is 18.2. The third kappa shape index (κ3) is 3.63. The van der Waals surface area contributed by atoms with E-state index in [0.717, 1.165) is 4.31 Å². The zero-order valence-electron chi connectivity index (χ0n) is 9.96. The molecule has 1 fully saturated rings. The Bertz CT molecular complexity index is 392. The summed E-state index contributed by atoms with van der Waals surface area (Å²) in [7, 11) is -2.32. The van der Waals surface area contributed by atoms with Crippen LogP contribution in [0.3, 0.4) is 0 Å². The third-order valence-corrected chi connectivity index (χ3v) is 4.71. The van der Waals surface area contributed by atoms with Crippen LogP contribution in [0.4, 0.5) is 0 Å². The van der Waals surface area contributed by atoms with Crippen LogP contribution in [0.25, 0.3) is 0 Å². The lowest BCUT2D eigenvalue weighted by Crippen LogP contribution is -2.43. The van der Waals surface area contributed by atoms with Crippen LogP contribution < -0.4 is 0 Å². The predicted molar refractivity (Wildman–Crippen MR) is 60.6 cm³/mol. The largest absolute Gasteiger partial charge is 0.481 e. The molecular weight excluding hydrogens is 248 g/mol. The first-order valence-corrected chi connectivity index (χ1v) is 6.70. The number of carbonyl (C=O) groups is 1. The number of nitrogens with zero attached hydrogens (tertiary/aromatic N) is 2. The molecule has 0 amide bonds. The Labute approximate surface area is 101 Å². The highest BCUT2D eigenvalue weighted by molar-refractivity contribution is 7.86. The topological polar surface area (TPSA) is 98.2 Å². The van der Waals surface area contributed by atoms with E-state index in [9.17, 15) is 18.3 Å². The van der Waals surface area contributed by atoms with Crippen LogP contribution >= 0.6 is 0 Å². The van der Waals surface area contributed by atoms with Gasteiger partial charge in [0.25, 0.3) is 10.2 Å². The van der Waals surface area contributed by atoms with Crippen molar-refractivity contribution in [2.24, 2.45) is 0 Å². The van der Waals surface area contributed by atoms with Gasteiger partial charge in [-0.05, 0) is 13.3 Å². The number of aliphatic hydroxyl groups is 1. The first-order chi connectivity index (χ1) is 7.65. The molecule has 1 saturated heterocycles. The van der Waals surface area contributed by atoms with Gasteiger partial charge in [0, 0.05) is 26.7 Å². The Balaban J connectivity index is 2.65. The van der Waals surface area contributed by atoms with Gasteiger partial charge in [-0.1, -0.05) is 0 Å². The van der Waals surface area contributed by atoms with Gasteiger partial charge in [0.2, 0.25) is 0 Å². The molecule has 17 heavy (non-hydrogen) atoms. The Morgan fingerprint density at radius 3 is 2.53 bits per heavy atom. The van der Waals surface area contributed by atoms with Crippen molar-refractivity contribution >= 4 is 16.2 Å².